The van der Waals surface area contributed by atoms with Gasteiger partial charge >= 0.3 is 0 Å². The van der Waals surface area contributed by atoms with Gasteiger partial charge in [-0.25, -0.2) is 0 Å². The molecule has 0 spiro atoms. The van der Waals surface area contributed by atoms with Crippen molar-refractivity contribution in [2.45, 2.75) is 39.3 Å². The van der Waals surface area contributed by atoms with Gasteiger partial charge in [0.1, 0.15) is 5.75 Å². The van der Waals surface area contributed by atoms with Gasteiger partial charge in [0.2, 0.25) is 11.7 Å². The molecule has 1 fully saturated rings. The number of nitrogens with zero attached hydrogens (tertiary/aromatic N) is 3. The summed E-state index contributed by atoms with van der Waals surface area (Å²) in [7, 11) is 1.65. The SMILES string of the molecule is COc1ccccc1-c1noc(CN2CCCC2c2cc(C)cc(C)c2)n1. The number of methoxy groups -OCH3 is 1. The second kappa shape index (κ2) is 7.53. The van der Waals surface area contributed by atoms with Gasteiger partial charge in [-0.3, -0.25) is 4.90 Å². The molecule has 140 valence electrons. The summed E-state index contributed by atoms with van der Waals surface area (Å²) in [5.74, 6) is 1.97. The van der Waals surface area contributed by atoms with E-state index in [1.807, 2.05) is 24.3 Å². The molecule has 2 aromatic carbocycles. The quantitative estimate of drug-likeness (QED) is 0.658. The summed E-state index contributed by atoms with van der Waals surface area (Å²) < 4.78 is 11.0. The fourth-order valence-corrected chi connectivity index (χ4v) is 4.03. The molecular weight excluding hydrogens is 338 g/mol. The lowest BCUT2D eigenvalue weighted by Gasteiger charge is -2.23. The fraction of sp³-hybridized carbons (Fsp3) is 0.364. The Morgan fingerprint density at radius 3 is 2.70 bits per heavy atom. The molecular formula is C22H25N3O2. The Kier molecular flexibility index (Phi) is 4.94. The number of rotatable bonds is 5. The highest BCUT2D eigenvalue weighted by atomic mass is 16.5. The summed E-state index contributed by atoms with van der Waals surface area (Å²) in [6.07, 6.45) is 2.35. The van der Waals surface area contributed by atoms with Gasteiger partial charge in [0.25, 0.3) is 0 Å². The minimum atomic E-state index is 0.408. The zero-order valence-electron chi connectivity index (χ0n) is 16.1. The molecule has 1 atom stereocenters. The van der Waals surface area contributed by atoms with Crippen molar-refractivity contribution in [3.8, 4) is 17.1 Å². The molecule has 5 nitrogen and oxygen atoms in total. The predicted octanol–water partition coefficient (Wildman–Crippen LogP) is 4.70. The van der Waals surface area contributed by atoms with Crippen LogP contribution < -0.4 is 4.74 Å². The number of hydrogen-bond acceptors (Lipinski definition) is 5. The molecule has 0 aliphatic carbocycles. The van der Waals surface area contributed by atoms with Crippen LogP contribution in [0.25, 0.3) is 11.4 Å². The smallest absolute Gasteiger partial charge is 0.241 e. The van der Waals surface area contributed by atoms with Gasteiger partial charge in [0, 0.05) is 6.04 Å². The first-order valence-corrected chi connectivity index (χ1v) is 9.42. The summed E-state index contributed by atoms with van der Waals surface area (Å²) in [5, 5.41) is 4.17. The molecule has 5 heteroatoms. The molecule has 27 heavy (non-hydrogen) atoms. The fourth-order valence-electron chi connectivity index (χ4n) is 4.03. The van der Waals surface area contributed by atoms with Crippen molar-refractivity contribution in [1.29, 1.82) is 0 Å². The first-order chi connectivity index (χ1) is 13.1. The monoisotopic (exact) mass is 363 g/mol. The summed E-state index contributed by atoms with van der Waals surface area (Å²) in [5.41, 5.74) is 4.86. The van der Waals surface area contributed by atoms with Crippen LogP contribution in [0.2, 0.25) is 0 Å². The summed E-state index contributed by atoms with van der Waals surface area (Å²) in [4.78, 5) is 7.05. The lowest BCUT2D eigenvalue weighted by molar-refractivity contribution is 0.212. The molecule has 0 saturated carbocycles. The average Bonchev–Trinajstić information content (AvgIpc) is 3.31. The third kappa shape index (κ3) is 3.74. The van der Waals surface area contributed by atoms with Crippen molar-refractivity contribution in [1.82, 2.24) is 15.0 Å². The maximum absolute atomic E-state index is 5.55. The van der Waals surface area contributed by atoms with E-state index in [9.17, 15) is 0 Å². The van der Waals surface area contributed by atoms with E-state index in [1.54, 1.807) is 7.11 Å². The van der Waals surface area contributed by atoms with E-state index in [0.717, 1.165) is 24.3 Å². The number of aryl methyl sites for hydroxylation is 2. The number of ether oxygens (including phenoxy) is 1. The van der Waals surface area contributed by atoms with Crippen molar-refractivity contribution < 1.29 is 9.26 Å². The molecule has 1 unspecified atom stereocenters. The van der Waals surface area contributed by atoms with E-state index in [1.165, 1.54) is 23.1 Å². The van der Waals surface area contributed by atoms with Gasteiger partial charge in [-0.15, -0.1) is 0 Å². The number of para-hydroxylation sites is 1. The maximum atomic E-state index is 5.55. The van der Waals surface area contributed by atoms with Crippen LogP contribution in [0.5, 0.6) is 5.75 Å². The zero-order chi connectivity index (χ0) is 18.8. The predicted molar refractivity (Wildman–Crippen MR) is 105 cm³/mol. The third-order valence-corrected chi connectivity index (χ3v) is 5.15. The van der Waals surface area contributed by atoms with Crippen molar-refractivity contribution in [3.63, 3.8) is 0 Å². The molecule has 0 bridgehead atoms. The second-order valence-electron chi connectivity index (χ2n) is 7.26. The number of likely N-dealkylation sites (tertiary alicyclic amines) is 1. The highest BCUT2D eigenvalue weighted by Crippen LogP contribution is 2.34. The van der Waals surface area contributed by atoms with E-state index in [-0.39, 0.29) is 0 Å². The Bertz CT molecular complexity index is 915. The van der Waals surface area contributed by atoms with E-state index in [0.29, 0.717) is 24.3 Å². The highest BCUT2D eigenvalue weighted by Gasteiger charge is 2.28. The molecule has 3 aromatic rings. The number of hydrogen-bond donors (Lipinski definition) is 0. The Hall–Kier alpha value is -2.66. The van der Waals surface area contributed by atoms with Gasteiger partial charge in [-0.1, -0.05) is 46.6 Å². The molecule has 0 N–H and O–H groups in total. The van der Waals surface area contributed by atoms with Crippen LogP contribution in [0.15, 0.2) is 47.0 Å². The molecule has 1 saturated heterocycles. The van der Waals surface area contributed by atoms with Gasteiger partial charge in [-0.2, -0.15) is 4.98 Å². The van der Waals surface area contributed by atoms with Crippen LogP contribution in [0.1, 0.15) is 41.5 Å². The zero-order valence-corrected chi connectivity index (χ0v) is 16.1. The minimum absolute atomic E-state index is 0.408. The molecule has 0 radical (unpaired) electrons. The van der Waals surface area contributed by atoms with Crippen LogP contribution in [0.3, 0.4) is 0 Å². The van der Waals surface area contributed by atoms with E-state index in [2.05, 4.69) is 47.1 Å². The van der Waals surface area contributed by atoms with Crippen LogP contribution >= 0.6 is 0 Å². The Morgan fingerprint density at radius 1 is 1.15 bits per heavy atom. The second-order valence-corrected chi connectivity index (χ2v) is 7.26. The van der Waals surface area contributed by atoms with Gasteiger partial charge < -0.3 is 9.26 Å². The van der Waals surface area contributed by atoms with Crippen molar-refractivity contribution in [3.05, 3.63) is 65.0 Å². The maximum Gasteiger partial charge on any atom is 0.241 e. The summed E-state index contributed by atoms with van der Waals surface area (Å²) in [6, 6.07) is 15.0. The van der Waals surface area contributed by atoms with Crippen molar-refractivity contribution in [2.24, 2.45) is 0 Å². The Balaban J connectivity index is 1.54. The molecule has 2 heterocycles. The largest absolute Gasteiger partial charge is 0.496 e. The van der Waals surface area contributed by atoms with E-state index in [4.69, 9.17) is 9.26 Å². The van der Waals surface area contributed by atoms with Gasteiger partial charge in [0.05, 0.1) is 19.2 Å². The lowest BCUT2D eigenvalue weighted by Crippen LogP contribution is -2.23. The highest BCUT2D eigenvalue weighted by molar-refractivity contribution is 5.63. The topological polar surface area (TPSA) is 51.4 Å². The van der Waals surface area contributed by atoms with Crippen molar-refractivity contribution >= 4 is 0 Å². The minimum Gasteiger partial charge on any atom is -0.496 e. The number of aromatic nitrogens is 2. The normalized spacial score (nSPS) is 17.4. The van der Waals surface area contributed by atoms with Crippen LogP contribution in [0.4, 0.5) is 0 Å². The Labute approximate surface area is 160 Å². The van der Waals surface area contributed by atoms with Gasteiger partial charge in [0.15, 0.2) is 0 Å². The molecule has 0 amide bonds. The van der Waals surface area contributed by atoms with E-state index >= 15 is 0 Å². The first kappa shape index (κ1) is 17.7. The average molecular weight is 363 g/mol. The molecule has 1 aliphatic rings. The van der Waals surface area contributed by atoms with Crippen LogP contribution in [-0.4, -0.2) is 28.7 Å². The summed E-state index contributed by atoms with van der Waals surface area (Å²) >= 11 is 0. The third-order valence-electron chi connectivity index (χ3n) is 5.15. The van der Waals surface area contributed by atoms with Crippen LogP contribution in [-0.2, 0) is 6.54 Å². The summed E-state index contributed by atoms with van der Waals surface area (Å²) in [6.45, 7) is 6.03. The van der Waals surface area contributed by atoms with Gasteiger partial charge in [-0.05, 0) is 50.9 Å². The Morgan fingerprint density at radius 2 is 1.93 bits per heavy atom. The van der Waals surface area contributed by atoms with Crippen molar-refractivity contribution in [2.75, 3.05) is 13.7 Å². The standard InChI is InChI=1S/C22H25N3O2/c1-15-11-16(2)13-17(12-15)19-8-6-10-25(19)14-21-23-22(24-27-21)18-7-4-5-9-20(18)26-3/h4-5,7,9,11-13,19H,6,8,10,14H2,1-3H3. The van der Waals surface area contributed by atoms with Crippen LogP contribution in [0, 0.1) is 13.8 Å². The molecule has 4 rings (SSSR count). The van der Waals surface area contributed by atoms with E-state index < -0.39 is 0 Å². The molecule has 1 aliphatic heterocycles. The lowest BCUT2D eigenvalue weighted by atomic mass is 9.99. The number of benzene rings is 2. The first-order valence-electron chi connectivity index (χ1n) is 9.42. The molecule has 1 aromatic heterocycles.